The monoisotopic (exact) mass is 353 g/mol. The van der Waals surface area contributed by atoms with E-state index in [0.717, 1.165) is 37.8 Å². The minimum absolute atomic E-state index is 0.0352. The number of nitrogens with one attached hydrogen (secondary N) is 1. The quantitative estimate of drug-likeness (QED) is 0.725. The van der Waals surface area contributed by atoms with Gasteiger partial charge in [-0.2, -0.15) is 5.10 Å². The molecule has 2 aromatic rings. The molecule has 0 saturated heterocycles. The van der Waals surface area contributed by atoms with Gasteiger partial charge < -0.3 is 5.32 Å². The average molecular weight is 353 g/mol. The first-order chi connectivity index (χ1) is 12.7. The second-order valence-corrected chi connectivity index (χ2v) is 6.96. The highest BCUT2D eigenvalue weighted by Crippen LogP contribution is 2.23. The lowest BCUT2D eigenvalue weighted by molar-refractivity contribution is -0.116. The lowest BCUT2D eigenvalue weighted by Gasteiger charge is -2.16. The molecule has 0 radical (unpaired) electrons. The third-order valence-electron chi connectivity index (χ3n) is 4.96. The molecular formula is C21H27N3O2. The van der Waals surface area contributed by atoms with Gasteiger partial charge in [0.05, 0.1) is 6.20 Å². The molecule has 5 nitrogen and oxygen atoms in total. The molecular weight excluding hydrogens is 326 g/mol. The van der Waals surface area contributed by atoms with Gasteiger partial charge in [0.25, 0.3) is 0 Å². The minimum Gasteiger partial charge on any atom is -0.311 e. The van der Waals surface area contributed by atoms with Gasteiger partial charge in [-0.3, -0.25) is 9.59 Å². The molecule has 1 aromatic heterocycles. The largest absolute Gasteiger partial charge is 0.311 e. The number of aromatic nitrogens is 2. The maximum Gasteiger partial charge on any atom is 0.225 e. The maximum atomic E-state index is 12.4. The van der Waals surface area contributed by atoms with Crippen LogP contribution in [0.4, 0.5) is 5.82 Å². The number of carbonyl (C=O) groups is 2. The summed E-state index contributed by atoms with van der Waals surface area (Å²) in [6, 6.07) is 7.80. The summed E-state index contributed by atoms with van der Waals surface area (Å²) in [4.78, 5) is 24.6. The smallest absolute Gasteiger partial charge is 0.225 e. The first-order valence-corrected chi connectivity index (χ1v) is 9.64. The van der Waals surface area contributed by atoms with Crippen LogP contribution >= 0.6 is 0 Å². The second kappa shape index (κ2) is 8.79. The lowest BCUT2D eigenvalue weighted by Crippen LogP contribution is -2.17. The Hall–Kier alpha value is -2.43. The molecule has 26 heavy (non-hydrogen) atoms. The molecule has 0 spiro atoms. The van der Waals surface area contributed by atoms with Crippen molar-refractivity contribution < 1.29 is 9.59 Å². The van der Waals surface area contributed by atoms with E-state index >= 15 is 0 Å². The van der Waals surface area contributed by atoms with Gasteiger partial charge in [0.15, 0.2) is 5.78 Å². The minimum atomic E-state index is -0.144. The van der Waals surface area contributed by atoms with Gasteiger partial charge in [0.1, 0.15) is 5.82 Å². The van der Waals surface area contributed by atoms with Gasteiger partial charge in [0.2, 0.25) is 5.91 Å². The van der Waals surface area contributed by atoms with E-state index in [1.165, 1.54) is 24.0 Å². The molecule has 0 unspecified atom stereocenters. The number of rotatable bonds is 8. The average Bonchev–Trinajstić information content (AvgIpc) is 3.10. The zero-order valence-electron chi connectivity index (χ0n) is 15.5. The van der Waals surface area contributed by atoms with E-state index in [1.807, 2.05) is 12.1 Å². The van der Waals surface area contributed by atoms with Crippen LogP contribution in [0, 0.1) is 0 Å². The van der Waals surface area contributed by atoms with Crippen LogP contribution in [-0.2, 0) is 24.2 Å². The van der Waals surface area contributed by atoms with Crippen molar-refractivity contribution in [1.82, 2.24) is 9.78 Å². The number of Topliss-reactive ketones (excluding diaryl/α,β-unsaturated/α-hetero) is 1. The third-order valence-corrected chi connectivity index (χ3v) is 4.96. The van der Waals surface area contributed by atoms with Crippen LogP contribution in [0.2, 0.25) is 0 Å². The van der Waals surface area contributed by atoms with Gasteiger partial charge in [-0.15, -0.1) is 0 Å². The molecule has 1 aromatic carbocycles. The van der Waals surface area contributed by atoms with Crippen LogP contribution in [0.25, 0.3) is 0 Å². The highest BCUT2D eigenvalue weighted by molar-refractivity contribution is 6.00. The number of unbranched alkanes of at least 4 members (excludes halogenated alkanes) is 1. The Bertz CT molecular complexity index is 779. The number of nitrogens with zero attached hydrogens (tertiary/aromatic N) is 2. The van der Waals surface area contributed by atoms with Gasteiger partial charge in [-0.25, -0.2) is 4.68 Å². The van der Waals surface area contributed by atoms with Crippen LogP contribution < -0.4 is 5.32 Å². The van der Waals surface area contributed by atoms with E-state index in [1.54, 1.807) is 16.9 Å². The Kier molecular flexibility index (Phi) is 6.21. The van der Waals surface area contributed by atoms with E-state index < -0.39 is 0 Å². The number of anilines is 1. The fraction of sp³-hybridized carbons (Fsp3) is 0.476. The predicted molar refractivity (Wildman–Crippen MR) is 102 cm³/mol. The molecule has 0 saturated carbocycles. The van der Waals surface area contributed by atoms with Crippen molar-refractivity contribution in [2.75, 3.05) is 5.32 Å². The van der Waals surface area contributed by atoms with E-state index in [0.29, 0.717) is 5.82 Å². The molecule has 1 aliphatic carbocycles. The number of ketones is 1. The highest BCUT2D eigenvalue weighted by Gasteiger charge is 2.14. The van der Waals surface area contributed by atoms with Crippen LogP contribution in [0.1, 0.15) is 66.9 Å². The second-order valence-electron chi connectivity index (χ2n) is 6.96. The van der Waals surface area contributed by atoms with Crippen molar-refractivity contribution in [3.63, 3.8) is 0 Å². The molecule has 0 fully saturated rings. The number of fused-ring (bicyclic) bond motifs is 1. The molecule has 1 heterocycles. The van der Waals surface area contributed by atoms with Gasteiger partial charge >= 0.3 is 0 Å². The molecule has 0 atom stereocenters. The summed E-state index contributed by atoms with van der Waals surface area (Å²) in [7, 11) is 0. The summed E-state index contributed by atoms with van der Waals surface area (Å²) < 4.78 is 1.80. The number of benzene rings is 1. The van der Waals surface area contributed by atoms with E-state index in [9.17, 15) is 9.59 Å². The van der Waals surface area contributed by atoms with E-state index in [4.69, 9.17) is 0 Å². The molecule has 138 valence electrons. The van der Waals surface area contributed by atoms with Gasteiger partial charge in [-0.1, -0.05) is 25.5 Å². The Morgan fingerprint density at radius 1 is 1.12 bits per heavy atom. The Morgan fingerprint density at radius 3 is 2.73 bits per heavy atom. The molecule has 3 rings (SSSR count). The fourth-order valence-corrected chi connectivity index (χ4v) is 3.41. The van der Waals surface area contributed by atoms with E-state index in [-0.39, 0.29) is 24.5 Å². The molecule has 5 heteroatoms. The molecule has 1 N–H and O–H groups in total. The normalized spacial score (nSPS) is 13.3. The van der Waals surface area contributed by atoms with Crippen LogP contribution in [0.3, 0.4) is 0 Å². The van der Waals surface area contributed by atoms with Crippen molar-refractivity contribution in [2.45, 2.75) is 64.8 Å². The van der Waals surface area contributed by atoms with Crippen molar-refractivity contribution in [3.05, 3.63) is 47.2 Å². The summed E-state index contributed by atoms with van der Waals surface area (Å²) in [5.41, 5.74) is 3.39. The van der Waals surface area contributed by atoms with Crippen LogP contribution in [0.15, 0.2) is 30.5 Å². The van der Waals surface area contributed by atoms with Crippen LogP contribution in [0.5, 0.6) is 0 Å². The molecule has 1 aliphatic rings. The van der Waals surface area contributed by atoms with E-state index in [2.05, 4.69) is 23.4 Å². The number of carbonyl (C=O) groups excluding carboxylic acids is 2. The zero-order valence-corrected chi connectivity index (χ0v) is 15.5. The zero-order chi connectivity index (χ0) is 18.4. The van der Waals surface area contributed by atoms with Crippen molar-refractivity contribution in [3.8, 4) is 0 Å². The number of aryl methyl sites for hydroxylation is 3. The first-order valence-electron chi connectivity index (χ1n) is 9.64. The number of hydrogen-bond donors (Lipinski definition) is 1. The number of hydrogen-bond acceptors (Lipinski definition) is 3. The van der Waals surface area contributed by atoms with Gasteiger partial charge in [0, 0.05) is 31.0 Å². The van der Waals surface area contributed by atoms with Crippen LogP contribution in [-0.4, -0.2) is 21.5 Å². The van der Waals surface area contributed by atoms with Crippen molar-refractivity contribution >= 4 is 17.5 Å². The van der Waals surface area contributed by atoms with Gasteiger partial charge in [-0.05, 0) is 49.3 Å². The highest BCUT2D eigenvalue weighted by atomic mass is 16.2. The topological polar surface area (TPSA) is 64.0 Å². The molecule has 0 aliphatic heterocycles. The molecule has 0 bridgehead atoms. The summed E-state index contributed by atoms with van der Waals surface area (Å²) in [6.45, 7) is 2.90. The number of amides is 1. The summed E-state index contributed by atoms with van der Waals surface area (Å²) in [5.74, 6) is 0.590. The standard InChI is InChI=1S/C21H27N3O2/c1-2-3-14-24-20(12-13-22-24)23-21(26)11-10-19(25)18-9-8-16-6-4-5-7-17(16)15-18/h8-9,12-13,15H,2-7,10-11,14H2,1H3,(H,23,26). The SMILES string of the molecule is CCCCn1nccc1NC(=O)CCC(=O)c1ccc2c(c1)CCCC2. The third kappa shape index (κ3) is 4.59. The first kappa shape index (κ1) is 18.4. The summed E-state index contributed by atoms with van der Waals surface area (Å²) >= 11 is 0. The molecule has 1 amide bonds. The fourth-order valence-electron chi connectivity index (χ4n) is 3.41. The Morgan fingerprint density at radius 2 is 1.92 bits per heavy atom. The maximum absolute atomic E-state index is 12.4. The predicted octanol–water partition coefficient (Wildman–Crippen LogP) is 4.16. The van der Waals surface area contributed by atoms with Crippen molar-refractivity contribution in [1.29, 1.82) is 0 Å². The Balaban J connectivity index is 1.53. The van der Waals surface area contributed by atoms with Crippen molar-refractivity contribution in [2.24, 2.45) is 0 Å². The summed E-state index contributed by atoms with van der Waals surface area (Å²) in [5, 5.41) is 7.09. The summed E-state index contributed by atoms with van der Waals surface area (Å²) in [6.07, 6.45) is 8.78. The lowest BCUT2D eigenvalue weighted by atomic mass is 9.89. The Labute approximate surface area is 154 Å².